The summed E-state index contributed by atoms with van der Waals surface area (Å²) in [6.07, 6.45) is 13.3. The van der Waals surface area contributed by atoms with Crippen molar-refractivity contribution in [3.63, 3.8) is 0 Å². The second-order valence-electron chi connectivity index (χ2n) is 8.91. The molecule has 1 saturated heterocycles. The summed E-state index contributed by atoms with van der Waals surface area (Å²) in [6, 6.07) is 0.594. The van der Waals surface area contributed by atoms with E-state index in [1.807, 2.05) is 13.1 Å². The van der Waals surface area contributed by atoms with Gasteiger partial charge in [0.1, 0.15) is 0 Å². The number of aliphatic imine (C=N–C) groups is 2. The molecule has 1 aliphatic carbocycles. The van der Waals surface area contributed by atoms with E-state index in [2.05, 4.69) is 44.1 Å². The third-order valence-electron chi connectivity index (χ3n) is 6.43. The molecule has 0 radical (unpaired) electrons. The summed E-state index contributed by atoms with van der Waals surface area (Å²) in [7, 11) is 2.05. The molecule has 2 aliphatic rings. The number of aliphatic hydroxyl groups excluding tert-OH is 1. The SMILES string of the molecule is C=CCCCCN/C=C\C(=N)C\N=C(N=C)/C(=C\C(Cl)=C\N)NCN(C)C1CC[C@@H]2C(O)CN[C@H]12. The molecule has 0 aromatic heterocycles. The molecule has 0 amide bonds. The van der Waals surface area contributed by atoms with Crippen molar-refractivity contribution < 1.29 is 5.11 Å². The Bertz CT molecular complexity index is 837. The number of hydrogen-bond donors (Lipinski definition) is 6. The number of halogens is 1. The van der Waals surface area contributed by atoms with E-state index in [4.69, 9.17) is 22.7 Å². The second kappa shape index (κ2) is 15.5. The number of rotatable bonds is 15. The first kappa shape index (κ1) is 28.8. The minimum Gasteiger partial charge on any atom is -0.403 e. The topological polar surface area (TPSA) is 134 Å². The summed E-state index contributed by atoms with van der Waals surface area (Å²) in [4.78, 5) is 10.7. The maximum absolute atomic E-state index is 10.2. The first-order valence-electron chi connectivity index (χ1n) is 12.2. The molecule has 0 aromatic carbocycles. The second-order valence-corrected chi connectivity index (χ2v) is 9.34. The number of allylic oxidation sites excluding steroid dienone is 3. The van der Waals surface area contributed by atoms with Crippen LogP contribution >= 0.6 is 11.6 Å². The largest absolute Gasteiger partial charge is 0.403 e. The Balaban J connectivity index is 1.94. The summed E-state index contributed by atoms with van der Waals surface area (Å²) in [5.74, 6) is 0.660. The first-order valence-corrected chi connectivity index (χ1v) is 12.5. The van der Waals surface area contributed by atoms with Crippen LogP contribution in [0.1, 0.15) is 32.1 Å². The van der Waals surface area contributed by atoms with Gasteiger partial charge in [0.2, 0.25) is 0 Å². The quantitative estimate of drug-likeness (QED) is 0.0505. The summed E-state index contributed by atoms with van der Waals surface area (Å²) < 4.78 is 0. The van der Waals surface area contributed by atoms with Crippen LogP contribution in [0.5, 0.6) is 0 Å². The monoisotopic (exact) mass is 504 g/mol. The highest BCUT2D eigenvalue weighted by molar-refractivity contribution is 6.31. The molecule has 9 nitrogen and oxygen atoms in total. The van der Waals surface area contributed by atoms with Gasteiger partial charge in [0.05, 0.1) is 35.8 Å². The van der Waals surface area contributed by atoms with Gasteiger partial charge in [-0.25, -0.2) is 4.99 Å². The molecular weight excluding hydrogens is 464 g/mol. The molecule has 2 rings (SSSR count). The lowest BCUT2D eigenvalue weighted by molar-refractivity contribution is 0.140. The van der Waals surface area contributed by atoms with Gasteiger partial charge in [-0.1, -0.05) is 17.7 Å². The van der Waals surface area contributed by atoms with Gasteiger partial charge in [0, 0.05) is 37.3 Å². The average Bonchev–Trinajstić information content (AvgIpc) is 3.44. The molecule has 194 valence electrons. The van der Waals surface area contributed by atoms with Crippen molar-refractivity contribution >= 4 is 29.9 Å². The first-order chi connectivity index (χ1) is 16.9. The molecule has 1 saturated carbocycles. The molecule has 2 fully saturated rings. The van der Waals surface area contributed by atoms with E-state index in [0.717, 1.165) is 38.6 Å². The Kier molecular flexibility index (Phi) is 12.8. The smallest absolute Gasteiger partial charge is 0.170 e. The van der Waals surface area contributed by atoms with Gasteiger partial charge in [-0.05, 0) is 64.2 Å². The van der Waals surface area contributed by atoms with Crippen molar-refractivity contribution in [2.75, 3.05) is 33.4 Å². The van der Waals surface area contributed by atoms with Crippen molar-refractivity contribution in [1.29, 1.82) is 5.41 Å². The van der Waals surface area contributed by atoms with Gasteiger partial charge in [-0.3, -0.25) is 9.89 Å². The number of nitrogens with one attached hydrogen (secondary N) is 4. The molecule has 0 aromatic rings. The number of unbranched alkanes of at least 4 members (excludes halogenated alkanes) is 2. The lowest BCUT2D eigenvalue weighted by Gasteiger charge is -2.30. The zero-order valence-corrected chi connectivity index (χ0v) is 21.5. The minimum absolute atomic E-state index is 0.149. The zero-order valence-electron chi connectivity index (χ0n) is 20.7. The Labute approximate surface area is 214 Å². The fourth-order valence-corrected chi connectivity index (χ4v) is 4.64. The molecule has 7 N–H and O–H groups in total. The van der Waals surface area contributed by atoms with Crippen molar-refractivity contribution in [3.8, 4) is 0 Å². The fraction of sp³-hybridized carbons (Fsp3) is 0.560. The van der Waals surface area contributed by atoms with Crippen molar-refractivity contribution in [3.05, 3.63) is 47.9 Å². The van der Waals surface area contributed by atoms with Crippen LogP contribution in [-0.4, -0.2) is 79.8 Å². The zero-order chi connectivity index (χ0) is 25.6. The van der Waals surface area contributed by atoms with E-state index in [9.17, 15) is 5.11 Å². The molecule has 35 heavy (non-hydrogen) atoms. The summed E-state index contributed by atoms with van der Waals surface area (Å²) in [5.41, 5.74) is 6.48. The van der Waals surface area contributed by atoms with Gasteiger partial charge in [-0.15, -0.1) is 6.58 Å². The van der Waals surface area contributed by atoms with Gasteiger partial charge in [0.25, 0.3) is 0 Å². The highest BCUT2D eigenvalue weighted by atomic mass is 35.5. The van der Waals surface area contributed by atoms with Crippen molar-refractivity contribution in [2.45, 2.75) is 50.3 Å². The van der Waals surface area contributed by atoms with Crippen LogP contribution in [-0.2, 0) is 0 Å². The van der Waals surface area contributed by atoms with Crippen LogP contribution < -0.4 is 21.7 Å². The predicted molar refractivity (Wildman–Crippen MR) is 147 cm³/mol. The normalized spacial score (nSPS) is 25.2. The molecule has 10 heteroatoms. The van der Waals surface area contributed by atoms with E-state index in [1.165, 1.54) is 6.20 Å². The highest BCUT2D eigenvalue weighted by Crippen LogP contribution is 2.34. The minimum atomic E-state index is -0.268. The number of β-amino-alcohol motifs (C(OH)–C–C–N with tert-alkyl or cyclic N) is 1. The van der Waals surface area contributed by atoms with Crippen molar-refractivity contribution in [1.82, 2.24) is 20.9 Å². The summed E-state index contributed by atoms with van der Waals surface area (Å²) in [5, 5.41) is 28.6. The van der Waals surface area contributed by atoms with Crippen LogP contribution in [0.3, 0.4) is 0 Å². The van der Waals surface area contributed by atoms with Crippen molar-refractivity contribution in [2.24, 2.45) is 21.6 Å². The van der Waals surface area contributed by atoms with Gasteiger partial charge < -0.3 is 32.2 Å². The summed E-state index contributed by atoms with van der Waals surface area (Å²) in [6.45, 7) is 9.54. The van der Waals surface area contributed by atoms with Gasteiger partial charge >= 0.3 is 0 Å². The van der Waals surface area contributed by atoms with E-state index >= 15 is 0 Å². The summed E-state index contributed by atoms with van der Waals surface area (Å²) >= 11 is 6.17. The third kappa shape index (κ3) is 9.25. The maximum Gasteiger partial charge on any atom is 0.170 e. The standard InChI is InChI=1S/C25H41ClN8O/c1-4-5-6-7-11-30-12-10-19(28)15-32-25(29-2)21(13-18(26)14-27)33-17-34(3)22-9-8-20-23(35)16-31-24(20)22/h4,10,12-14,20,22-24,28,30-31,33,35H,1-2,5-9,11,15-17,27H2,3H3/b12-10-,18-14-,21-13+,28-19?,32-25+/t20-,22?,23?,24+/m1/s1. The number of amidine groups is 1. The Morgan fingerprint density at radius 1 is 1.37 bits per heavy atom. The molecular formula is C25H41ClN8O. The number of likely N-dealkylation sites (N-methyl/N-ethyl adjacent to an activating group) is 1. The van der Waals surface area contributed by atoms with Crippen LogP contribution in [0.2, 0.25) is 0 Å². The number of fused-ring (bicyclic) bond motifs is 1. The third-order valence-corrected chi connectivity index (χ3v) is 6.66. The maximum atomic E-state index is 10.2. The number of aliphatic hydroxyl groups is 1. The average molecular weight is 505 g/mol. The molecule has 0 bridgehead atoms. The lowest BCUT2D eigenvalue weighted by Crippen LogP contribution is -2.47. The van der Waals surface area contributed by atoms with E-state index in [0.29, 0.717) is 47.4 Å². The molecule has 1 aliphatic heterocycles. The highest BCUT2D eigenvalue weighted by Gasteiger charge is 2.45. The lowest BCUT2D eigenvalue weighted by atomic mass is 10.0. The van der Waals surface area contributed by atoms with Crippen LogP contribution in [0.4, 0.5) is 0 Å². The number of hydrogen-bond acceptors (Lipinski definition) is 8. The van der Waals surface area contributed by atoms with Gasteiger partial charge in [-0.2, -0.15) is 0 Å². The fourth-order valence-electron chi connectivity index (χ4n) is 4.53. The van der Waals surface area contributed by atoms with E-state index in [-0.39, 0.29) is 18.7 Å². The predicted octanol–water partition coefficient (Wildman–Crippen LogP) is 2.08. The van der Waals surface area contributed by atoms with Gasteiger partial charge in [0.15, 0.2) is 5.84 Å². The molecule has 4 atom stereocenters. The van der Waals surface area contributed by atoms with E-state index in [1.54, 1.807) is 18.4 Å². The van der Waals surface area contributed by atoms with Crippen LogP contribution in [0.25, 0.3) is 0 Å². The van der Waals surface area contributed by atoms with E-state index < -0.39 is 0 Å². The van der Waals surface area contributed by atoms with Crippen LogP contribution in [0.15, 0.2) is 57.9 Å². The Morgan fingerprint density at radius 3 is 2.89 bits per heavy atom. The number of nitrogens with zero attached hydrogens (tertiary/aromatic N) is 3. The Morgan fingerprint density at radius 2 is 2.17 bits per heavy atom. The van der Waals surface area contributed by atoms with Crippen LogP contribution in [0, 0.1) is 11.3 Å². The molecule has 2 unspecified atom stereocenters. The molecule has 1 heterocycles. The molecule has 0 spiro atoms. The number of nitrogens with two attached hydrogens (primary N) is 1. The Hall–Kier alpha value is -2.46.